The van der Waals surface area contributed by atoms with Crippen molar-refractivity contribution in [3.05, 3.63) is 0 Å². The molecule has 1 atom stereocenters. The molecule has 5 nitrogen and oxygen atoms in total. The summed E-state index contributed by atoms with van der Waals surface area (Å²) in [6.45, 7) is 3.29. The highest BCUT2D eigenvalue weighted by molar-refractivity contribution is 8.00. The van der Waals surface area contributed by atoms with E-state index < -0.39 is 15.2 Å². The van der Waals surface area contributed by atoms with Crippen molar-refractivity contribution in [1.29, 1.82) is 0 Å². The van der Waals surface area contributed by atoms with Gasteiger partial charge in [-0.15, -0.1) is 0 Å². The highest BCUT2D eigenvalue weighted by atomic mass is 32.2. The molecule has 0 amide bonds. The van der Waals surface area contributed by atoms with Crippen LogP contribution in [-0.4, -0.2) is 62.1 Å². The van der Waals surface area contributed by atoms with Gasteiger partial charge in [-0.1, -0.05) is 0 Å². The normalized spacial score (nSPS) is 22.4. The molecule has 0 aromatic carbocycles. The minimum Gasteiger partial charge on any atom is -0.466 e. The lowest BCUT2D eigenvalue weighted by Gasteiger charge is -2.33. The second kappa shape index (κ2) is 6.61. The van der Waals surface area contributed by atoms with Gasteiger partial charge in [0.15, 0.2) is 9.84 Å². The van der Waals surface area contributed by atoms with Crippen molar-refractivity contribution in [1.82, 2.24) is 4.90 Å². The maximum atomic E-state index is 11.6. The molecule has 0 aliphatic carbocycles. The molecule has 1 heterocycles. The van der Waals surface area contributed by atoms with Gasteiger partial charge in [0, 0.05) is 30.9 Å². The minimum atomic E-state index is -3.08. The molecule has 0 aromatic rings. The fourth-order valence-corrected chi connectivity index (χ4v) is 4.71. The number of esters is 1. The van der Waals surface area contributed by atoms with Crippen LogP contribution in [0.1, 0.15) is 13.3 Å². The highest BCUT2D eigenvalue weighted by Gasteiger charge is 2.30. The van der Waals surface area contributed by atoms with Gasteiger partial charge >= 0.3 is 5.97 Å². The topological polar surface area (TPSA) is 63.7 Å². The smallest absolute Gasteiger partial charge is 0.307 e. The lowest BCUT2D eigenvalue weighted by molar-refractivity contribution is -0.143. The fraction of sp³-hybridized carbons (Fsp3) is 0.900. The molecular formula is C10H19NO4S2. The van der Waals surface area contributed by atoms with Gasteiger partial charge in [0.25, 0.3) is 0 Å². The van der Waals surface area contributed by atoms with Crippen molar-refractivity contribution < 1.29 is 17.9 Å². The average Bonchev–Trinajstić information content (AvgIpc) is 2.26. The van der Waals surface area contributed by atoms with Gasteiger partial charge in [0.05, 0.1) is 13.0 Å². The molecule has 1 aliphatic rings. The van der Waals surface area contributed by atoms with Crippen molar-refractivity contribution in [3.63, 3.8) is 0 Å². The molecule has 0 aromatic heterocycles. The fourth-order valence-electron chi connectivity index (χ4n) is 1.73. The Morgan fingerprint density at radius 1 is 1.53 bits per heavy atom. The van der Waals surface area contributed by atoms with Gasteiger partial charge in [-0.25, -0.2) is 8.42 Å². The van der Waals surface area contributed by atoms with Crippen LogP contribution in [0.3, 0.4) is 0 Å². The zero-order valence-electron chi connectivity index (χ0n) is 10.2. The summed E-state index contributed by atoms with van der Waals surface area (Å²) in [5.74, 6) is 1.23. The van der Waals surface area contributed by atoms with Crippen LogP contribution in [0.25, 0.3) is 0 Å². The summed E-state index contributed by atoms with van der Waals surface area (Å²) >= 11 is 1.64. The van der Waals surface area contributed by atoms with Crippen LogP contribution in [0, 0.1) is 0 Å². The molecule has 1 unspecified atom stereocenters. The zero-order chi connectivity index (χ0) is 12.9. The molecule has 1 saturated heterocycles. The van der Waals surface area contributed by atoms with E-state index in [9.17, 15) is 13.2 Å². The Morgan fingerprint density at radius 3 is 2.82 bits per heavy atom. The van der Waals surface area contributed by atoms with E-state index in [1.165, 1.54) is 6.26 Å². The van der Waals surface area contributed by atoms with Gasteiger partial charge in [0.2, 0.25) is 0 Å². The Kier molecular flexibility index (Phi) is 5.75. The number of hydrogen-bond acceptors (Lipinski definition) is 6. The molecule has 1 fully saturated rings. The molecule has 0 saturated carbocycles. The van der Waals surface area contributed by atoms with Crippen molar-refractivity contribution in [2.24, 2.45) is 0 Å². The van der Waals surface area contributed by atoms with Crippen LogP contribution < -0.4 is 0 Å². The number of thioether (sulfide) groups is 1. The predicted octanol–water partition coefficient (Wildman–Crippen LogP) is 0.359. The summed E-state index contributed by atoms with van der Waals surface area (Å²) in [5.41, 5.74) is 0. The molecule has 7 heteroatoms. The first kappa shape index (κ1) is 14.8. The summed E-state index contributed by atoms with van der Waals surface area (Å²) in [6, 6.07) is 0. The van der Waals surface area contributed by atoms with Crippen LogP contribution >= 0.6 is 11.8 Å². The third-order valence-electron chi connectivity index (χ3n) is 2.59. The lowest BCUT2D eigenvalue weighted by atomic mass is 10.3. The largest absolute Gasteiger partial charge is 0.466 e. The number of carbonyl (C=O) groups excluding carboxylic acids is 1. The lowest BCUT2D eigenvalue weighted by Crippen LogP contribution is -2.47. The third kappa shape index (κ3) is 4.85. The average molecular weight is 281 g/mol. The van der Waals surface area contributed by atoms with E-state index in [0.717, 1.165) is 5.75 Å². The van der Waals surface area contributed by atoms with E-state index in [1.807, 2.05) is 4.90 Å². The molecule has 0 spiro atoms. The summed E-state index contributed by atoms with van der Waals surface area (Å²) in [5, 5.41) is -0.462. The zero-order valence-corrected chi connectivity index (χ0v) is 11.8. The number of hydrogen-bond donors (Lipinski definition) is 0. The number of sulfone groups is 1. The van der Waals surface area contributed by atoms with E-state index in [4.69, 9.17) is 4.74 Å². The monoisotopic (exact) mass is 281 g/mol. The quantitative estimate of drug-likeness (QED) is 0.678. The Hall–Kier alpha value is -0.270. The first-order valence-corrected chi connectivity index (χ1v) is 8.72. The van der Waals surface area contributed by atoms with E-state index in [-0.39, 0.29) is 12.4 Å². The number of rotatable bonds is 5. The SMILES string of the molecule is CCOC(=O)CCN1CCSCC1S(C)(=O)=O. The number of carbonyl (C=O) groups is 1. The first-order chi connectivity index (χ1) is 7.95. The molecule has 100 valence electrons. The third-order valence-corrected chi connectivity index (χ3v) is 5.28. The van der Waals surface area contributed by atoms with Gasteiger partial charge in [-0.05, 0) is 6.92 Å². The van der Waals surface area contributed by atoms with Crippen molar-refractivity contribution in [2.45, 2.75) is 18.7 Å². The van der Waals surface area contributed by atoms with E-state index in [1.54, 1.807) is 18.7 Å². The van der Waals surface area contributed by atoms with Crippen molar-refractivity contribution in [3.8, 4) is 0 Å². The van der Waals surface area contributed by atoms with Gasteiger partial charge in [-0.3, -0.25) is 9.69 Å². The number of nitrogens with zero attached hydrogens (tertiary/aromatic N) is 1. The highest BCUT2D eigenvalue weighted by Crippen LogP contribution is 2.20. The van der Waals surface area contributed by atoms with E-state index >= 15 is 0 Å². The molecular weight excluding hydrogens is 262 g/mol. The molecule has 0 N–H and O–H groups in total. The first-order valence-electron chi connectivity index (χ1n) is 5.61. The summed E-state index contributed by atoms with van der Waals surface area (Å²) < 4.78 is 28.0. The van der Waals surface area contributed by atoms with Crippen LogP contribution in [0.15, 0.2) is 0 Å². The second-order valence-electron chi connectivity index (χ2n) is 3.95. The van der Waals surface area contributed by atoms with Crippen molar-refractivity contribution in [2.75, 3.05) is 37.5 Å². The number of ether oxygens (including phenoxy) is 1. The molecule has 0 bridgehead atoms. The Balaban J connectivity index is 2.52. The van der Waals surface area contributed by atoms with Crippen LogP contribution in [0.2, 0.25) is 0 Å². The van der Waals surface area contributed by atoms with Crippen molar-refractivity contribution >= 4 is 27.6 Å². The Bertz CT molecular complexity index is 355. The summed E-state index contributed by atoms with van der Waals surface area (Å²) in [6.07, 6.45) is 1.51. The van der Waals surface area contributed by atoms with Crippen LogP contribution in [0.5, 0.6) is 0 Å². The molecule has 17 heavy (non-hydrogen) atoms. The second-order valence-corrected chi connectivity index (χ2v) is 7.30. The molecule has 1 rings (SSSR count). The minimum absolute atomic E-state index is 0.254. The standard InChI is InChI=1S/C10H19NO4S2/c1-3-15-10(12)4-5-11-6-7-16-8-9(11)17(2,13)14/h9H,3-8H2,1-2H3. The predicted molar refractivity (Wildman–Crippen MR) is 68.8 cm³/mol. The Labute approximate surface area is 107 Å². The molecule has 1 aliphatic heterocycles. The van der Waals surface area contributed by atoms with Gasteiger partial charge < -0.3 is 4.74 Å². The summed E-state index contributed by atoms with van der Waals surface area (Å²) in [4.78, 5) is 13.1. The Morgan fingerprint density at radius 2 is 2.24 bits per heavy atom. The van der Waals surface area contributed by atoms with E-state index in [2.05, 4.69) is 0 Å². The van der Waals surface area contributed by atoms with Gasteiger partial charge in [-0.2, -0.15) is 11.8 Å². The molecule has 0 radical (unpaired) electrons. The van der Waals surface area contributed by atoms with Crippen LogP contribution in [-0.2, 0) is 19.4 Å². The van der Waals surface area contributed by atoms with Gasteiger partial charge in [0.1, 0.15) is 5.37 Å². The summed E-state index contributed by atoms with van der Waals surface area (Å²) in [7, 11) is -3.08. The van der Waals surface area contributed by atoms with Crippen LogP contribution in [0.4, 0.5) is 0 Å². The maximum Gasteiger partial charge on any atom is 0.307 e. The maximum absolute atomic E-state index is 11.6. The van der Waals surface area contributed by atoms with E-state index in [0.29, 0.717) is 25.4 Å².